The predicted molar refractivity (Wildman–Crippen MR) is 242 cm³/mol. The average molecular weight is 932 g/mol. The number of nitrogens with zero attached hydrogens (tertiary/aromatic N) is 4. The van der Waals surface area contributed by atoms with E-state index in [-0.39, 0.29) is 45.6 Å². The standard InChI is InChI=1S/C46H54ClN7O10S/c1-25(2)36(52-43(57)63-45(5,6)7)41(55)61-23-32(62-42(56)37(26(3)4)53-44(58)64-46(8,9)10)22-59-31-17-13-27(14-18-31)35-33(19-48)38(50)54-40(34(35)20-49)65-24-30-21-60-39(51-30)28-11-15-29(47)16-12-28/h11-18,21,25-26,32,36-37H,22-24H2,1-10H3,(H2,50,54)(H,52,57)(H,53,58)/t32-,36-,37-/m0/s1. The summed E-state index contributed by atoms with van der Waals surface area (Å²) >= 11 is 7.21. The summed E-state index contributed by atoms with van der Waals surface area (Å²) in [6, 6.07) is 15.4. The minimum atomic E-state index is -1.22. The number of esters is 2. The molecule has 4 N–H and O–H groups in total. The zero-order valence-corrected chi connectivity index (χ0v) is 39.5. The van der Waals surface area contributed by atoms with Crippen LogP contribution >= 0.6 is 23.4 Å². The summed E-state index contributed by atoms with van der Waals surface area (Å²) in [5, 5.41) is 26.4. The van der Waals surface area contributed by atoms with Crippen LogP contribution in [-0.4, -0.2) is 76.7 Å². The first kappa shape index (κ1) is 51.1. The molecule has 0 aliphatic rings. The van der Waals surface area contributed by atoms with Gasteiger partial charge < -0.3 is 44.5 Å². The second-order valence-corrected chi connectivity index (χ2v) is 18.8. The van der Waals surface area contributed by atoms with E-state index in [1.807, 2.05) is 0 Å². The molecule has 2 aromatic heterocycles. The molecule has 0 saturated heterocycles. The summed E-state index contributed by atoms with van der Waals surface area (Å²) in [5.41, 5.74) is 6.75. The quantitative estimate of drug-likeness (QED) is 0.0509. The SMILES string of the molecule is CC(C)[C@H](NC(=O)OC(C)(C)C)C(=O)OC[C@H](COc1ccc(-c2c(C#N)c(N)nc(SCc3coc(-c4ccc(Cl)cc4)n3)c2C#N)cc1)OC(=O)[C@@H](NC(=O)OC(C)(C)C)C(C)C. The van der Waals surface area contributed by atoms with E-state index in [9.17, 15) is 29.7 Å². The van der Waals surface area contributed by atoms with E-state index in [0.29, 0.717) is 22.2 Å². The second kappa shape index (κ2) is 22.4. The molecule has 2 aromatic carbocycles. The lowest BCUT2D eigenvalue weighted by Crippen LogP contribution is -2.49. The molecule has 346 valence electrons. The Balaban J connectivity index is 1.56. The number of nitrogen functional groups attached to an aromatic ring is 1. The van der Waals surface area contributed by atoms with Gasteiger partial charge >= 0.3 is 24.1 Å². The van der Waals surface area contributed by atoms with Crippen molar-refractivity contribution in [2.45, 2.75) is 109 Å². The molecule has 19 heteroatoms. The number of aromatic nitrogens is 2. The van der Waals surface area contributed by atoms with Crippen LogP contribution in [0.25, 0.3) is 22.6 Å². The van der Waals surface area contributed by atoms with Crippen LogP contribution in [0, 0.1) is 34.5 Å². The molecular weight excluding hydrogens is 878 g/mol. The summed E-state index contributed by atoms with van der Waals surface area (Å²) in [6.07, 6.45) is -1.37. The number of carbonyl (C=O) groups excluding carboxylic acids is 4. The highest BCUT2D eigenvalue weighted by Crippen LogP contribution is 2.37. The topological polar surface area (TPSA) is 251 Å². The van der Waals surface area contributed by atoms with Crippen molar-refractivity contribution in [3.8, 4) is 40.5 Å². The molecule has 0 radical (unpaired) electrons. The molecule has 65 heavy (non-hydrogen) atoms. The minimum absolute atomic E-state index is 0.000351. The number of rotatable bonds is 17. The Kier molecular flexibility index (Phi) is 17.6. The fourth-order valence-electron chi connectivity index (χ4n) is 5.82. The van der Waals surface area contributed by atoms with E-state index in [4.69, 9.17) is 45.4 Å². The zero-order valence-electron chi connectivity index (χ0n) is 37.9. The maximum Gasteiger partial charge on any atom is 0.408 e. The Morgan fingerprint density at radius 3 is 1.85 bits per heavy atom. The van der Waals surface area contributed by atoms with Crippen LogP contribution in [0.2, 0.25) is 5.02 Å². The number of carbonyl (C=O) groups is 4. The van der Waals surface area contributed by atoms with Crippen molar-refractivity contribution in [2.24, 2.45) is 11.8 Å². The smallest absolute Gasteiger partial charge is 0.408 e. The lowest BCUT2D eigenvalue weighted by Gasteiger charge is -2.27. The first-order valence-electron chi connectivity index (χ1n) is 20.5. The number of hydrogen-bond donors (Lipinski definition) is 3. The number of hydrogen-bond acceptors (Lipinski definition) is 16. The number of pyridine rings is 1. The van der Waals surface area contributed by atoms with Crippen LogP contribution in [0.15, 0.2) is 64.2 Å². The van der Waals surface area contributed by atoms with E-state index in [0.717, 1.165) is 5.56 Å². The third kappa shape index (κ3) is 15.3. The van der Waals surface area contributed by atoms with Gasteiger partial charge in [0.25, 0.3) is 0 Å². The zero-order chi connectivity index (χ0) is 48.2. The number of nitriles is 2. The van der Waals surface area contributed by atoms with Gasteiger partial charge in [0.15, 0.2) is 6.10 Å². The molecule has 2 amide bonds. The van der Waals surface area contributed by atoms with E-state index >= 15 is 0 Å². The summed E-state index contributed by atoms with van der Waals surface area (Å²) in [6.45, 7) is 16.1. The molecular formula is C46H54ClN7O10S. The number of thioether (sulfide) groups is 1. The van der Waals surface area contributed by atoms with Crippen molar-refractivity contribution in [3.63, 3.8) is 0 Å². The molecule has 0 spiro atoms. The van der Waals surface area contributed by atoms with Gasteiger partial charge in [0.05, 0.1) is 11.3 Å². The van der Waals surface area contributed by atoms with Crippen molar-refractivity contribution in [1.29, 1.82) is 10.5 Å². The van der Waals surface area contributed by atoms with E-state index < -0.39 is 72.0 Å². The van der Waals surface area contributed by atoms with Gasteiger partial charge in [0, 0.05) is 21.9 Å². The van der Waals surface area contributed by atoms with Gasteiger partial charge in [0.2, 0.25) is 5.89 Å². The first-order valence-corrected chi connectivity index (χ1v) is 21.9. The Morgan fingerprint density at radius 1 is 0.785 bits per heavy atom. The Morgan fingerprint density at radius 2 is 1.32 bits per heavy atom. The van der Waals surface area contributed by atoms with Gasteiger partial charge in [-0.25, -0.2) is 29.1 Å². The third-order valence-corrected chi connectivity index (χ3v) is 10.1. The molecule has 4 aromatic rings. The number of halogens is 1. The van der Waals surface area contributed by atoms with Crippen molar-refractivity contribution in [2.75, 3.05) is 18.9 Å². The van der Waals surface area contributed by atoms with Crippen LogP contribution in [0.5, 0.6) is 5.75 Å². The van der Waals surface area contributed by atoms with Crippen molar-refractivity contribution in [3.05, 3.63) is 76.6 Å². The molecule has 17 nitrogen and oxygen atoms in total. The van der Waals surface area contributed by atoms with Crippen molar-refractivity contribution >= 4 is 53.3 Å². The monoisotopic (exact) mass is 931 g/mol. The predicted octanol–water partition coefficient (Wildman–Crippen LogP) is 8.61. The normalized spacial score (nSPS) is 12.8. The minimum Gasteiger partial charge on any atom is -0.490 e. The van der Waals surface area contributed by atoms with Gasteiger partial charge in [-0.2, -0.15) is 10.5 Å². The van der Waals surface area contributed by atoms with Gasteiger partial charge in [-0.1, -0.05) is 63.2 Å². The molecule has 0 unspecified atom stereocenters. The van der Waals surface area contributed by atoms with Crippen LogP contribution in [0.1, 0.15) is 86.1 Å². The lowest BCUT2D eigenvalue weighted by molar-refractivity contribution is -0.164. The highest BCUT2D eigenvalue weighted by Gasteiger charge is 2.33. The summed E-state index contributed by atoms with van der Waals surface area (Å²) < 4.78 is 33.7. The van der Waals surface area contributed by atoms with Crippen LogP contribution in [0.3, 0.4) is 0 Å². The Bertz CT molecular complexity index is 2400. The van der Waals surface area contributed by atoms with Crippen LogP contribution in [0.4, 0.5) is 15.4 Å². The number of ether oxygens (including phenoxy) is 5. The average Bonchev–Trinajstić information content (AvgIpc) is 3.69. The Hall–Kier alpha value is -6.50. The summed E-state index contributed by atoms with van der Waals surface area (Å²) in [7, 11) is 0. The molecule has 0 aliphatic carbocycles. The molecule has 2 heterocycles. The van der Waals surface area contributed by atoms with Gasteiger partial charge in [-0.05, 0) is 95.3 Å². The number of alkyl carbamates (subject to hydrolysis) is 2. The number of benzene rings is 2. The molecule has 0 saturated carbocycles. The number of nitrogens with one attached hydrogen (secondary N) is 2. The van der Waals surface area contributed by atoms with E-state index in [1.54, 1.807) is 118 Å². The van der Waals surface area contributed by atoms with E-state index in [1.165, 1.54) is 18.0 Å². The molecule has 3 atom stereocenters. The highest BCUT2D eigenvalue weighted by molar-refractivity contribution is 7.98. The summed E-state index contributed by atoms with van der Waals surface area (Å²) in [5.74, 6) is -1.66. The largest absolute Gasteiger partial charge is 0.490 e. The fourth-order valence-corrected chi connectivity index (χ4v) is 6.82. The van der Waals surface area contributed by atoms with Crippen LogP contribution < -0.4 is 21.1 Å². The highest BCUT2D eigenvalue weighted by atomic mass is 35.5. The summed E-state index contributed by atoms with van der Waals surface area (Å²) in [4.78, 5) is 61.1. The number of anilines is 1. The van der Waals surface area contributed by atoms with Crippen molar-refractivity contribution < 1.29 is 47.3 Å². The van der Waals surface area contributed by atoms with Gasteiger partial charge in [-0.3, -0.25) is 0 Å². The molecule has 0 fully saturated rings. The second-order valence-electron chi connectivity index (χ2n) is 17.4. The van der Waals surface area contributed by atoms with Gasteiger partial charge in [0.1, 0.15) is 77.1 Å². The third-order valence-electron chi connectivity index (χ3n) is 8.87. The number of amides is 2. The number of nitrogens with two attached hydrogens (primary N) is 1. The van der Waals surface area contributed by atoms with Crippen molar-refractivity contribution in [1.82, 2.24) is 20.6 Å². The van der Waals surface area contributed by atoms with Gasteiger partial charge in [-0.15, -0.1) is 0 Å². The Labute approximate surface area is 387 Å². The van der Waals surface area contributed by atoms with Crippen LogP contribution in [-0.2, 0) is 34.3 Å². The van der Waals surface area contributed by atoms with E-state index in [2.05, 4.69) is 32.7 Å². The number of oxazole rings is 1. The molecule has 4 rings (SSSR count). The first-order chi connectivity index (χ1) is 30.5. The fraction of sp³-hybridized carbons (Fsp3) is 0.435. The maximum absolute atomic E-state index is 13.6. The molecule has 0 bridgehead atoms. The molecule has 0 aliphatic heterocycles. The maximum atomic E-state index is 13.6. The lowest BCUT2D eigenvalue weighted by atomic mass is 9.97.